The fourth-order valence-corrected chi connectivity index (χ4v) is 2.25. The number of hydrogen-bond donors (Lipinski definition) is 1. The van der Waals surface area contributed by atoms with Crippen molar-refractivity contribution in [2.45, 2.75) is 6.43 Å². The second-order valence-electron chi connectivity index (χ2n) is 4.89. The molecule has 0 amide bonds. The number of hydrogen-bond acceptors (Lipinski definition) is 4. The fourth-order valence-electron chi connectivity index (χ4n) is 2.25. The molecular weight excluding hydrogens is 363 g/mol. The monoisotopic (exact) mass is 370 g/mol. The van der Waals surface area contributed by atoms with Gasteiger partial charge in [-0.15, -0.1) is 6.42 Å². The number of nitrogens with zero attached hydrogens (tertiary/aromatic N) is 3. The Labute approximate surface area is 141 Å². The predicted octanol–water partition coefficient (Wildman–Crippen LogP) is 2.45. The minimum Gasteiger partial charge on any atom is -0.451 e. The summed E-state index contributed by atoms with van der Waals surface area (Å²) in [7, 11) is 0. The van der Waals surface area contributed by atoms with Crippen molar-refractivity contribution >= 4 is 5.65 Å². The second kappa shape index (κ2) is 6.47. The van der Waals surface area contributed by atoms with Crippen LogP contribution in [0, 0.1) is 29.8 Å². The number of rotatable bonds is 4. The molecule has 6 nitrogen and oxygen atoms in total. The van der Waals surface area contributed by atoms with Gasteiger partial charge in [-0.05, 0) is 17.7 Å². The molecule has 0 radical (unpaired) electrons. The van der Waals surface area contributed by atoms with Crippen LogP contribution in [0.15, 0.2) is 16.9 Å². The summed E-state index contributed by atoms with van der Waals surface area (Å²) < 4.78 is 72.3. The van der Waals surface area contributed by atoms with E-state index in [1.807, 2.05) is 0 Å². The highest BCUT2D eigenvalue weighted by Crippen LogP contribution is 2.34. The van der Waals surface area contributed by atoms with E-state index in [1.165, 1.54) is 0 Å². The van der Waals surface area contributed by atoms with Crippen LogP contribution >= 0.6 is 0 Å². The first-order valence-electron chi connectivity index (χ1n) is 6.85. The molecule has 0 aliphatic heterocycles. The Kier molecular flexibility index (Phi) is 4.33. The third-order valence-corrected chi connectivity index (χ3v) is 3.27. The fraction of sp³-hybridized carbons (Fsp3) is 0.133. The third kappa shape index (κ3) is 2.85. The first-order valence-corrected chi connectivity index (χ1v) is 6.85. The quantitative estimate of drug-likeness (QED) is 0.435. The molecule has 3 aromatic rings. The zero-order chi connectivity index (χ0) is 19.0. The molecule has 0 saturated heterocycles. The maximum absolute atomic E-state index is 13.5. The van der Waals surface area contributed by atoms with Crippen molar-refractivity contribution in [2.75, 3.05) is 6.61 Å². The van der Waals surface area contributed by atoms with E-state index in [-0.39, 0.29) is 6.61 Å². The normalized spacial score (nSPS) is 11.1. The maximum Gasteiger partial charge on any atom is 0.352 e. The largest absolute Gasteiger partial charge is 0.451 e. The molecule has 1 aromatic carbocycles. The molecule has 2 heterocycles. The summed E-state index contributed by atoms with van der Waals surface area (Å²) >= 11 is 0. The van der Waals surface area contributed by atoms with E-state index in [1.54, 1.807) is 0 Å². The Hall–Kier alpha value is -3.42. The van der Waals surface area contributed by atoms with E-state index in [4.69, 9.17) is 11.2 Å². The molecule has 0 aliphatic carbocycles. The summed E-state index contributed by atoms with van der Waals surface area (Å²) in [6, 6.07) is 0.573. The van der Waals surface area contributed by atoms with Crippen LogP contribution in [-0.2, 0) is 0 Å². The van der Waals surface area contributed by atoms with Crippen LogP contribution in [0.2, 0.25) is 0 Å². The lowest BCUT2D eigenvalue weighted by Gasteiger charge is -2.05. The van der Waals surface area contributed by atoms with Gasteiger partial charge in [0.1, 0.15) is 5.69 Å². The van der Waals surface area contributed by atoms with Crippen LogP contribution in [0.1, 0.15) is 12.1 Å². The van der Waals surface area contributed by atoms with Crippen LogP contribution in [0.25, 0.3) is 16.8 Å². The van der Waals surface area contributed by atoms with Gasteiger partial charge in [-0.1, -0.05) is 5.92 Å². The highest BCUT2D eigenvalue weighted by molar-refractivity contribution is 5.80. The van der Waals surface area contributed by atoms with Gasteiger partial charge in [0, 0.05) is 0 Å². The number of alkyl halides is 2. The molecule has 0 saturated carbocycles. The van der Waals surface area contributed by atoms with Gasteiger partial charge in [-0.3, -0.25) is 4.98 Å². The summed E-state index contributed by atoms with van der Waals surface area (Å²) in [6.45, 7) is -0.288. The average molecular weight is 370 g/mol. The topological polar surface area (TPSA) is 72.3 Å². The van der Waals surface area contributed by atoms with Crippen LogP contribution < -0.4 is 10.4 Å². The minimum absolute atomic E-state index is 0.288. The number of H-pyrrole nitrogens is 1. The molecular formula is C15H7F5N4O2. The molecule has 1 N–H and O–H groups in total. The maximum atomic E-state index is 13.5. The Morgan fingerprint density at radius 3 is 2.50 bits per heavy atom. The van der Waals surface area contributed by atoms with Crippen molar-refractivity contribution in [3.05, 3.63) is 45.8 Å². The Bertz CT molecular complexity index is 1080. The van der Waals surface area contributed by atoms with Crippen LogP contribution in [0.3, 0.4) is 0 Å². The highest BCUT2D eigenvalue weighted by Gasteiger charge is 2.26. The van der Waals surface area contributed by atoms with Crippen molar-refractivity contribution < 1.29 is 26.7 Å². The lowest BCUT2D eigenvalue weighted by molar-refractivity contribution is 0.146. The Morgan fingerprint density at radius 1 is 1.27 bits per heavy atom. The first-order chi connectivity index (χ1) is 12.3. The molecule has 3 rings (SSSR count). The summed E-state index contributed by atoms with van der Waals surface area (Å²) in [5.41, 5.74) is -3.47. The first kappa shape index (κ1) is 17.4. The van der Waals surface area contributed by atoms with Crippen molar-refractivity contribution in [3.8, 4) is 29.5 Å². The standard InChI is InChI=1S/C15H7F5N4O2/c1-2-3-26-14-21-13-9(6-4-7(16)10(18)8(17)5-6)11(12(19)20)23-24(13)15(25)22-14/h1,4-5,12H,3H2,(H,21,22,25). The van der Waals surface area contributed by atoms with E-state index in [0.29, 0.717) is 16.6 Å². The average Bonchev–Trinajstić information content (AvgIpc) is 2.97. The zero-order valence-electron chi connectivity index (χ0n) is 12.6. The van der Waals surface area contributed by atoms with E-state index in [2.05, 4.69) is 21.0 Å². The highest BCUT2D eigenvalue weighted by atomic mass is 19.3. The molecule has 134 valence electrons. The number of aromatic amines is 1. The van der Waals surface area contributed by atoms with E-state index in [9.17, 15) is 26.7 Å². The van der Waals surface area contributed by atoms with Crippen LogP contribution in [-0.4, -0.2) is 26.2 Å². The number of terminal acetylenes is 1. The van der Waals surface area contributed by atoms with Crippen molar-refractivity contribution in [1.29, 1.82) is 0 Å². The number of benzene rings is 1. The van der Waals surface area contributed by atoms with Gasteiger partial charge in [0.15, 0.2) is 29.7 Å². The zero-order valence-corrected chi connectivity index (χ0v) is 12.6. The van der Waals surface area contributed by atoms with Crippen LogP contribution in [0.5, 0.6) is 6.01 Å². The van der Waals surface area contributed by atoms with Gasteiger partial charge in [0.25, 0.3) is 6.43 Å². The summed E-state index contributed by atoms with van der Waals surface area (Å²) in [4.78, 5) is 17.9. The molecule has 0 aliphatic rings. The molecule has 2 aromatic heterocycles. The number of nitrogens with one attached hydrogen (secondary N) is 1. The second-order valence-corrected chi connectivity index (χ2v) is 4.89. The smallest absolute Gasteiger partial charge is 0.352 e. The molecule has 0 fully saturated rings. The van der Waals surface area contributed by atoms with Gasteiger partial charge >= 0.3 is 11.7 Å². The lowest BCUT2D eigenvalue weighted by atomic mass is 10.1. The Morgan fingerprint density at radius 2 is 1.92 bits per heavy atom. The number of halogens is 5. The molecule has 11 heteroatoms. The number of aromatic nitrogens is 4. The molecule has 0 unspecified atom stereocenters. The van der Waals surface area contributed by atoms with Gasteiger partial charge in [0.2, 0.25) is 0 Å². The summed E-state index contributed by atoms with van der Waals surface area (Å²) in [5, 5.41) is 3.42. The van der Waals surface area contributed by atoms with Gasteiger partial charge < -0.3 is 4.74 Å². The van der Waals surface area contributed by atoms with Crippen molar-refractivity contribution in [1.82, 2.24) is 19.6 Å². The van der Waals surface area contributed by atoms with Gasteiger partial charge in [-0.25, -0.2) is 26.7 Å². The molecule has 0 atom stereocenters. The Balaban J connectivity index is 2.35. The SMILES string of the molecule is C#CCOc1nc2c(-c3cc(F)c(F)c(F)c3)c(C(F)F)nn2c(=O)[nH]1. The predicted molar refractivity (Wildman–Crippen MR) is 78.2 cm³/mol. The van der Waals surface area contributed by atoms with Gasteiger partial charge in [-0.2, -0.15) is 14.6 Å². The van der Waals surface area contributed by atoms with E-state index in [0.717, 1.165) is 0 Å². The van der Waals surface area contributed by atoms with E-state index >= 15 is 0 Å². The van der Waals surface area contributed by atoms with Crippen LogP contribution in [0.4, 0.5) is 22.0 Å². The van der Waals surface area contributed by atoms with Crippen molar-refractivity contribution in [3.63, 3.8) is 0 Å². The number of fused-ring (bicyclic) bond motifs is 1. The molecule has 0 spiro atoms. The summed E-state index contributed by atoms with van der Waals surface area (Å²) in [5.74, 6) is -2.87. The minimum atomic E-state index is -3.21. The van der Waals surface area contributed by atoms with Crippen molar-refractivity contribution in [2.24, 2.45) is 0 Å². The molecule has 0 bridgehead atoms. The number of ether oxygens (including phenoxy) is 1. The lowest BCUT2D eigenvalue weighted by Crippen LogP contribution is -2.20. The summed E-state index contributed by atoms with van der Waals surface area (Å²) in [6.07, 6.45) is 1.80. The third-order valence-electron chi connectivity index (χ3n) is 3.27. The van der Waals surface area contributed by atoms with E-state index < -0.39 is 58.0 Å². The molecule has 26 heavy (non-hydrogen) atoms. The van der Waals surface area contributed by atoms with Gasteiger partial charge in [0.05, 0.1) is 5.56 Å².